The number of rotatable bonds is 7. The molecule has 0 aromatic carbocycles. The summed E-state index contributed by atoms with van der Waals surface area (Å²) in [6.07, 6.45) is -0.720. The zero-order valence-electron chi connectivity index (χ0n) is 12.1. The minimum atomic E-state index is -4.14. The Balaban J connectivity index is 2.89. The smallest absolute Gasteiger partial charge is 0.384 e. The first kappa shape index (κ1) is 17.6. The number of nitrogens with one attached hydrogen (secondary N) is 1. The van der Waals surface area contributed by atoms with Crippen molar-refractivity contribution < 1.29 is 32.8 Å². The molecule has 1 rings (SSSR count). The summed E-state index contributed by atoms with van der Waals surface area (Å²) in [4.78, 5) is 20.7. The van der Waals surface area contributed by atoms with Gasteiger partial charge in [0.1, 0.15) is 12.2 Å². The lowest BCUT2D eigenvalue weighted by Crippen LogP contribution is -2.44. The molecule has 2 N–H and O–H groups in total. The molecule has 1 saturated carbocycles. The van der Waals surface area contributed by atoms with Crippen molar-refractivity contribution in [1.82, 2.24) is 5.32 Å². The summed E-state index contributed by atoms with van der Waals surface area (Å²) in [6.45, 7) is 1.72. The zero-order valence-corrected chi connectivity index (χ0v) is 13.0. The monoisotopic (exact) mass is 311 g/mol. The van der Waals surface area contributed by atoms with Gasteiger partial charge in [-0.15, -0.1) is 0 Å². The highest BCUT2D eigenvalue weighted by atomic mass is 31.2. The highest BCUT2D eigenvalue weighted by molar-refractivity contribution is 7.47. The van der Waals surface area contributed by atoms with E-state index >= 15 is 0 Å². The maximum absolute atomic E-state index is 11.6. The van der Waals surface area contributed by atoms with E-state index in [1.165, 1.54) is 21.1 Å². The number of ether oxygens (including phenoxy) is 2. The molecule has 0 radical (unpaired) electrons. The maximum Gasteiger partial charge on any atom is 0.472 e. The van der Waals surface area contributed by atoms with Crippen molar-refractivity contribution in [2.24, 2.45) is 5.92 Å². The Labute approximate surface area is 118 Å². The summed E-state index contributed by atoms with van der Waals surface area (Å²) in [5.41, 5.74) is 0. The van der Waals surface area contributed by atoms with E-state index in [0.717, 1.165) is 7.11 Å². The normalized spacial score (nSPS) is 32.9. The molecule has 2 unspecified atom stereocenters. The van der Waals surface area contributed by atoms with Crippen molar-refractivity contribution in [1.29, 1.82) is 0 Å². The number of hydrogen-bond donors (Lipinski definition) is 2. The van der Waals surface area contributed by atoms with Gasteiger partial charge in [-0.25, -0.2) is 4.57 Å². The summed E-state index contributed by atoms with van der Waals surface area (Å²) >= 11 is 0. The molecule has 0 bridgehead atoms. The Hall–Kier alpha value is -0.500. The molecule has 9 heteroatoms. The second-order valence-electron chi connectivity index (χ2n) is 4.68. The number of methoxy groups -OCH3 is 2. The van der Waals surface area contributed by atoms with E-state index in [0.29, 0.717) is 13.0 Å². The van der Waals surface area contributed by atoms with E-state index < -0.39 is 20.0 Å². The van der Waals surface area contributed by atoms with E-state index in [9.17, 15) is 14.3 Å². The van der Waals surface area contributed by atoms with E-state index in [1.54, 1.807) is 0 Å². The van der Waals surface area contributed by atoms with Gasteiger partial charge >= 0.3 is 7.82 Å². The van der Waals surface area contributed by atoms with Gasteiger partial charge in [0, 0.05) is 34.2 Å². The molecule has 0 aromatic heterocycles. The Morgan fingerprint density at radius 2 is 2.00 bits per heavy atom. The molecule has 1 amide bonds. The van der Waals surface area contributed by atoms with E-state index in [2.05, 4.69) is 9.84 Å². The van der Waals surface area contributed by atoms with Crippen molar-refractivity contribution in [3.05, 3.63) is 0 Å². The van der Waals surface area contributed by atoms with Crippen LogP contribution in [0.3, 0.4) is 0 Å². The van der Waals surface area contributed by atoms with E-state index in [-0.39, 0.29) is 17.9 Å². The Kier molecular flexibility index (Phi) is 6.57. The summed E-state index contributed by atoms with van der Waals surface area (Å²) in [7, 11) is -0.0660. The molecule has 1 aliphatic rings. The van der Waals surface area contributed by atoms with Gasteiger partial charge in [-0.05, 0) is 6.42 Å². The van der Waals surface area contributed by atoms with E-state index in [1.807, 2.05) is 0 Å². The van der Waals surface area contributed by atoms with Crippen LogP contribution in [0.15, 0.2) is 0 Å². The molecule has 5 atom stereocenters. The molecule has 0 heterocycles. The molecular weight excluding hydrogens is 289 g/mol. The largest absolute Gasteiger partial charge is 0.472 e. The molecule has 1 aliphatic carbocycles. The van der Waals surface area contributed by atoms with Crippen molar-refractivity contribution in [2.45, 2.75) is 31.6 Å². The summed E-state index contributed by atoms with van der Waals surface area (Å²) in [6, 6.07) is -0.306. The van der Waals surface area contributed by atoms with Crippen LogP contribution in [0.5, 0.6) is 0 Å². The molecule has 0 saturated heterocycles. The SMILES string of the molecule is COC[C@H]1C[C@@H](NC(C)=O)C(OC)[C@H]1OP(=O)(O)OC. The first-order valence-electron chi connectivity index (χ1n) is 6.20. The molecule has 8 nitrogen and oxygen atoms in total. The van der Waals surface area contributed by atoms with Crippen LogP contribution in [-0.2, 0) is 27.9 Å². The van der Waals surface area contributed by atoms with Crippen molar-refractivity contribution in [3.8, 4) is 0 Å². The Morgan fingerprint density at radius 1 is 1.35 bits per heavy atom. The molecule has 0 spiro atoms. The highest BCUT2D eigenvalue weighted by Crippen LogP contribution is 2.48. The number of amides is 1. The quantitative estimate of drug-likeness (QED) is 0.652. The van der Waals surface area contributed by atoms with Crippen LogP contribution >= 0.6 is 7.82 Å². The van der Waals surface area contributed by atoms with E-state index in [4.69, 9.17) is 14.0 Å². The minimum absolute atomic E-state index is 0.183. The van der Waals surface area contributed by atoms with Gasteiger partial charge in [-0.2, -0.15) is 0 Å². The second kappa shape index (κ2) is 7.49. The number of hydrogen-bond acceptors (Lipinski definition) is 6. The average Bonchev–Trinajstić information content (AvgIpc) is 2.66. The van der Waals surface area contributed by atoms with Gasteiger partial charge in [-0.1, -0.05) is 0 Å². The van der Waals surface area contributed by atoms with Crippen LogP contribution in [0.1, 0.15) is 13.3 Å². The fourth-order valence-electron chi connectivity index (χ4n) is 2.51. The van der Waals surface area contributed by atoms with Gasteiger partial charge in [0.15, 0.2) is 0 Å². The van der Waals surface area contributed by atoms with Crippen LogP contribution in [0, 0.1) is 5.92 Å². The van der Waals surface area contributed by atoms with Crippen LogP contribution < -0.4 is 5.32 Å². The summed E-state index contributed by atoms with van der Waals surface area (Å²) < 4.78 is 31.6. The topological polar surface area (TPSA) is 103 Å². The van der Waals surface area contributed by atoms with Crippen molar-refractivity contribution >= 4 is 13.7 Å². The third kappa shape index (κ3) is 4.51. The molecular formula is C11H22NO7P. The van der Waals surface area contributed by atoms with Gasteiger partial charge in [0.25, 0.3) is 0 Å². The van der Waals surface area contributed by atoms with Gasteiger partial charge in [0.05, 0.1) is 12.6 Å². The predicted molar refractivity (Wildman–Crippen MR) is 70.1 cm³/mol. The highest BCUT2D eigenvalue weighted by Gasteiger charge is 2.47. The molecule has 0 aliphatic heterocycles. The zero-order chi connectivity index (χ0) is 15.3. The van der Waals surface area contributed by atoms with Gasteiger partial charge in [-0.3, -0.25) is 13.8 Å². The van der Waals surface area contributed by atoms with Crippen LogP contribution in [0.4, 0.5) is 0 Å². The van der Waals surface area contributed by atoms with Gasteiger partial charge < -0.3 is 19.7 Å². The Morgan fingerprint density at radius 3 is 2.45 bits per heavy atom. The van der Waals surface area contributed by atoms with Crippen molar-refractivity contribution in [2.75, 3.05) is 27.9 Å². The van der Waals surface area contributed by atoms with Crippen LogP contribution in [0.2, 0.25) is 0 Å². The lowest BCUT2D eigenvalue weighted by Gasteiger charge is -2.26. The number of carbonyl (C=O) groups excluding carboxylic acids is 1. The lowest BCUT2D eigenvalue weighted by molar-refractivity contribution is -0.120. The molecule has 20 heavy (non-hydrogen) atoms. The lowest BCUT2D eigenvalue weighted by atomic mass is 10.1. The van der Waals surface area contributed by atoms with Crippen molar-refractivity contribution in [3.63, 3.8) is 0 Å². The van der Waals surface area contributed by atoms with Crippen LogP contribution in [0.25, 0.3) is 0 Å². The maximum atomic E-state index is 11.6. The predicted octanol–water partition coefficient (Wildman–Crippen LogP) is 0.304. The third-order valence-corrected chi connectivity index (χ3v) is 4.24. The first-order chi connectivity index (χ1) is 9.34. The van der Waals surface area contributed by atoms with Gasteiger partial charge in [0.2, 0.25) is 5.91 Å². The second-order valence-corrected chi connectivity index (χ2v) is 6.19. The molecule has 0 aromatic rings. The Bertz CT molecular complexity index is 378. The average molecular weight is 311 g/mol. The standard InChI is InChI=1S/C11H22NO7P/c1-7(13)12-9-5-8(6-16-2)10(11(9)17-3)19-20(14,15)18-4/h8-11H,5-6H2,1-4H3,(H,12,13)(H,14,15)/t8-,9-,10+,11?/m1/s1. The third-order valence-electron chi connectivity index (χ3n) is 3.27. The minimum Gasteiger partial charge on any atom is -0.384 e. The number of phosphoric ester groups is 1. The molecule has 1 fully saturated rings. The summed E-state index contributed by atoms with van der Waals surface area (Å²) in [5, 5.41) is 2.75. The number of carbonyl (C=O) groups is 1. The fourth-order valence-corrected chi connectivity index (χ4v) is 3.20. The first-order valence-corrected chi connectivity index (χ1v) is 7.70. The fraction of sp³-hybridized carbons (Fsp3) is 0.909. The van der Waals surface area contributed by atoms with Crippen LogP contribution in [-0.4, -0.2) is 57.0 Å². The number of phosphoric acid groups is 1. The molecule has 118 valence electrons. The summed E-state index contributed by atoms with van der Waals surface area (Å²) in [5.74, 6) is -0.384.